The Kier molecular flexibility index (Phi) is 6.09. The van der Waals surface area contributed by atoms with E-state index in [1.807, 2.05) is 25.1 Å². The first-order valence-corrected chi connectivity index (χ1v) is 8.58. The lowest BCUT2D eigenvalue weighted by molar-refractivity contribution is -0.384. The molecular formula is C18H21NO4S. The molecule has 0 spiro atoms. The van der Waals surface area contributed by atoms with Crippen LogP contribution in [0.15, 0.2) is 36.4 Å². The van der Waals surface area contributed by atoms with Gasteiger partial charge in [-0.25, -0.2) is 0 Å². The van der Waals surface area contributed by atoms with E-state index in [-0.39, 0.29) is 15.9 Å². The number of non-ortho nitro benzene ring substituents is 1. The van der Waals surface area contributed by atoms with Gasteiger partial charge in [0.05, 0.1) is 19.1 Å². The summed E-state index contributed by atoms with van der Waals surface area (Å²) in [6, 6.07) is 10.8. The second-order valence-corrected chi connectivity index (χ2v) is 6.77. The van der Waals surface area contributed by atoms with E-state index in [9.17, 15) is 10.1 Å². The van der Waals surface area contributed by atoms with Crippen LogP contribution in [0.5, 0.6) is 11.5 Å². The molecule has 0 saturated carbocycles. The van der Waals surface area contributed by atoms with Gasteiger partial charge in [0, 0.05) is 23.1 Å². The van der Waals surface area contributed by atoms with Crippen molar-refractivity contribution in [3.8, 4) is 11.5 Å². The molecular weight excluding hydrogens is 326 g/mol. The van der Waals surface area contributed by atoms with Crippen LogP contribution < -0.4 is 9.47 Å². The Bertz CT molecular complexity index is 733. The maximum Gasteiger partial charge on any atom is 0.269 e. The molecule has 0 amide bonds. The lowest BCUT2D eigenvalue weighted by Gasteiger charge is -2.15. The lowest BCUT2D eigenvalue weighted by atomic mass is 10.1. The number of nitro benzene ring substituents is 1. The van der Waals surface area contributed by atoms with E-state index in [2.05, 4.69) is 6.92 Å². The number of aryl methyl sites for hydroxylation is 1. The molecule has 0 fully saturated rings. The average molecular weight is 347 g/mol. The minimum atomic E-state index is -0.362. The maximum atomic E-state index is 10.9. The minimum Gasteiger partial charge on any atom is -0.493 e. The van der Waals surface area contributed by atoms with Crippen LogP contribution in [-0.4, -0.2) is 19.1 Å². The molecule has 2 rings (SSSR count). The summed E-state index contributed by atoms with van der Waals surface area (Å²) < 4.78 is 10.7. The molecule has 0 aliphatic carbocycles. The highest BCUT2D eigenvalue weighted by Gasteiger charge is 2.13. The number of benzene rings is 2. The van der Waals surface area contributed by atoms with Crippen molar-refractivity contribution in [2.24, 2.45) is 0 Å². The van der Waals surface area contributed by atoms with Gasteiger partial charge < -0.3 is 9.47 Å². The number of ether oxygens (including phenoxy) is 2. The van der Waals surface area contributed by atoms with Crippen LogP contribution in [0.4, 0.5) is 5.69 Å². The molecule has 0 saturated heterocycles. The van der Waals surface area contributed by atoms with Gasteiger partial charge in [0.1, 0.15) is 0 Å². The first kappa shape index (κ1) is 18.1. The van der Waals surface area contributed by atoms with Crippen LogP contribution in [0.1, 0.15) is 28.9 Å². The number of hydrogen-bond acceptors (Lipinski definition) is 5. The molecule has 0 radical (unpaired) electrons. The number of hydrogen-bond donors (Lipinski definition) is 0. The summed E-state index contributed by atoms with van der Waals surface area (Å²) >= 11 is 1.73. The summed E-state index contributed by atoms with van der Waals surface area (Å²) in [4.78, 5) is 10.5. The lowest BCUT2D eigenvalue weighted by Crippen LogP contribution is -1.97. The summed E-state index contributed by atoms with van der Waals surface area (Å²) in [7, 11) is 3.24. The molecule has 0 heterocycles. The fourth-order valence-electron chi connectivity index (χ4n) is 2.38. The Morgan fingerprint density at radius 3 is 2.46 bits per heavy atom. The van der Waals surface area contributed by atoms with Crippen LogP contribution in [0, 0.1) is 17.0 Å². The van der Waals surface area contributed by atoms with Crippen molar-refractivity contribution in [3.05, 3.63) is 63.2 Å². The standard InChI is InChI=1S/C18H21NO4S/c1-12-8-17(22-3)18(23-4)10-15(12)11-24-13(2)14-6-5-7-16(9-14)19(20)21/h5-10,13H,11H2,1-4H3/t13-/m1/s1. The molecule has 1 atom stereocenters. The number of nitrogens with zero attached hydrogens (tertiary/aromatic N) is 1. The van der Waals surface area contributed by atoms with Crippen molar-refractivity contribution >= 4 is 17.4 Å². The van der Waals surface area contributed by atoms with E-state index in [0.29, 0.717) is 5.75 Å². The summed E-state index contributed by atoms with van der Waals surface area (Å²) in [6.07, 6.45) is 0. The van der Waals surface area contributed by atoms with Gasteiger partial charge in [-0.05, 0) is 42.7 Å². The van der Waals surface area contributed by atoms with Crippen LogP contribution in [0.2, 0.25) is 0 Å². The molecule has 24 heavy (non-hydrogen) atoms. The van der Waals surface area contributed by atoms with Crippen LogP contribution in [0.3, 0.4) is 0 Å². The molecule has 6 heteroatoms. The highest BCUT2D eigenvalue weighted by atomic mass is 32.2. The van der Waals surface area contributed by atoms with Crippen molar-refractivity contribution < 1.29 is 14.4 Å². The molecule has 0 aliphatic rings. The van der Waals surface area contributed by atoms with Gasteiger partial charge in [-0.3, -0.25) is 10.1 Å². The van der Waals surface area contributed by atoms with Gasteiger partial charge in [0.25, 0.3) is 5.69 Å². The fraction of sp³-hybridized carbons (Fsp3) is 0.333. The van der Waals surface area contributed by atoms with Crippen molar-refractivity contribution in [3.63, 3.8) is 0 Å². The Morgan fingerprint density at radius 2 is 1.83 bits per heavy atom. The normalized spacial score (nSPS) is 11.8. The van der Waals surface area contributed by atoms with E-state index in [0.717, 1.165) is 28.2 Å². The number of thioether (sulfide) groups is 1. The predicted octanol–water partition coefficient (Wildman–Crippen LogP) is 4.91. The van der Waals surface area contributed by atoms with Crippen molar-refractivity contribution in [2.75, 3.05) is 14.2 Å². The number of methoxy groups -OCH3 is 2. The van der Waals surface area contributed by atoms with Gasteiger partial charge in [-0.1, -0.05) is 12.1 Å². The zero-order valence-electron chi connectivity index (χ0n) is 14.2. The highest BCUT2D eigenvalue weighted by molar-refractivity contribution is 7.98. The molecule has 0 bridgehead atoms. The zero-order chi connectivity index (χ0) is 17.7. The Morgan fingerprint density at radius 1 is 1.17 bits per heavy atom. The summed E-state index contributed by atoms with van der Waals surface area (Å²) in [6.45, 7) is 4.09. The van der Waals surface area contributed by atoms with Crippen LogP contribution in [0.25, 0.3) is 0 Å². The third-order valence-electron chi connectivity index (χ3n) is 3.88. The van der Waals surface area contributed by atoms with Gasteiger partial charge in [-0.2, -0.15) is 0 Å². The van der Waals surface area contributed by atoms with Crippen molar-refractivity contribution in [1.29, 1.82) is 0 Å². The Balaban J connectivity index is 2.13. The summed E-state index contributed by atoms with van der Waals surface area (Å²) in [5, 5.41) is 11.1. The second-order valence-electron chi connectivity index (χ2n) is 5.44. The number of rotatable bonds is 7. The quantitative estimate of drug-likeness (QED) is 0.526. The topological polar surface area (TPSA) is 61.6 Å². The highest BCUT2D eigenvalue weighted by Crippen LogP contribution is 2.36. The fourth-order valence-corrected chi connectivity index (χ4v) is 3.46. The van der Waals surface area contributed by atoms with Gasteiger partial charge in [0.15, 0.2) is 11.5 Å². The monoisotopic (exact) mass is 347 g/mol. The Hall–Kier alpha value is -2.21. The van der Waals surface area contributed by atoms with Crippen LogP contribution >= 0.6 is 11.8 Å². The largest absolute Gasteiger partial charge is 0.493 e. The van der Waals surface area contributed by atoms with E-state index in [1.165, 1.54) is 6.07 Å². The molecule has 5 nitrogen and oxygen atoms in total. The predicted molar refractivity (Wildman–Crippen MR) is 97.1 cm³/mol. The van der Waals surface area contributed by atoms with Crippen molar-refractivity contribution in [2.45, 2.75) is 24.9 Å². The van der Waals surface area contributed by atoms with Gasteiger partial charge in [0.2, 0.25) is 0 Å². The second kappa shape index (κ2) is 8.06. The first-order valence-electron chi connectivity index (χ1n) is 7.53. The number of nitro groups is 1. The van der Waals surface area contributed by atoms with E-state index >= 15 is 0 Å². The first-order chi connectivity index (χ1) is 11.5. The molecule has 0 aromatic heterocycles. The van der Waals surface area contributed by atoms with E-state index < -0.39 is 0 Å². The molecule has 0 aliphatic heterocycles. The minimum absolute atomic E-state index is 0.127. The Labute approximate surface area is 146 Å². The maximum absolute atomic E-state index is 10.9. The summed E-state index contributed by atoms with van der Waals surface area (Å²) in [5.41, 5.74) is 3.37. The zero-order valence-corrected chi connectivity index (χ0v) is 15.1. The van der Waals surface area contributed by atoms with E-state index in [4.69, 9.17) is 9.47 Å². The van der Waals surface area contributed by atoms with E-state index in [1.54, 1.807) is 38.1 Å². The molecule has 2 aromatic rings. The van der Waals surface area contributed by atoms with Crippen molar-refractivity contribution in [1.82, 2.24) is 0 Å². The molecule has 128 valence electrons. The summed E-state index contributed by atoms with van der Waals surface area (Å²) in [5.74, 6) is 2.22. The molecule has 0 unspecified atom stereocenters. The third kappa shape index (κ3) is 4.20. The smallest absolute Gasteiger partial charge is 0.269 e. The SMILES string of the molecule is COc1cc(C)c(CS[C@H](C)c2cccc([N+](=O)[O-])c2)cc1OC. The van der Waals surface area contributed by atoms with Crippen LogP contribution in [-0.2, 0) is 5.75 Å². The van der Waals surface area contributed by atoms with Gasteiger partial charge >= 0.3 is 0 Å². The molecule has 2 aromatic carbocycles. The third-order valence-corrected chi connectivity index (χ3v) is 5.13. The van der Waals surface area contributed by atoms with Gasteiger partial charge in [-0.15, -0.1) is 11.8 Å². The average Bonchev–Trinajstić information content (AvgIpc) is 2.60. The molecule has 0 N–H and O–H groups in total.